The van der Waals surface area contributed by atoms with Crippen molar-refractivity contribution in [2.45, 2.75) is 39.2 Å². The third kappa shape index (κ3) is 4.36. The van der Waals surface area contributed by atoms with Crippen molar-refractivity contribution in [2.75, 3.05) is 6.54 Å². The summed E-state index contributed by atoms with van der Waals surface area (Å²) in [6.45, 7) is 3.26. The van der Waals surface area contributed by atoms with Gasteiger partial charge in [-0.05, 0) is 43.7 Å². The highest BCUT2D eigenvalue weighted by atomic mass is 32.1. The molecule has 1 aliphatic carbocycles. The Hall–Kier alpha value is -1.31. The molecule has 3 N–H and O–H groups in total. The summed E-state index contributed by atoms with van der Waals surface area (Å²) in [6.07, 6.45) is 4.42. The summed E-state index contributed by atoms with van der Waals surface area (Å²) < 4.78 is 0. The Labute approximate surface area is 124 Å². The van der Waals surface area contributed by atoms with Crippen LogP contribution in [0.4, 0.5) is 0 Å². The van der Waals surface area contributed by atoms with E-state index in [1.54, 1.807) is 11.3 Å². The van der Waals surface area contributed by atoms with Crippen molar-refractivity contribution in [1.82, 2.24) is 5.32 Å². The minimum atomic E-state index is 0.208. The molecule has 3 nitrogen and oxygen atoms in total. The lowest BCUT2D eigenvalue weighted by atomic mass is 9.82. The zero-order valence-electron chi connectivity index (χ0n) is 11.9. The lowest BCUT2D eigenvalue weighted by Gasteiger charge is -2.25. The molecule has 0 unspecified atom stereocenters. The van der Waals surface area contributed by atoms with E-state index >= 15 is 0 Å². The predicted molar refractivity (Wildman–Crippen MR) is 83.2 cm³/mol. The number of nitrogens with two attached hydrogens (primary N) is 1. The minimum Gasteiger partial charge on any atom is -0.351 e. The Kier molecular flexibility index (Phi) is 5.63. The van der Waals surface area contributed by atoms with Crippen LogP contribution in [0.5, 0.6) is 0 Å². The van der Waals surface area contributed by atoms with Crippen molar-refractivity contribution < 1.29 is 4.79 Å². The van der Waals surface area contributed by atoms with Gasteiger partial charge >= 0.3 is 0 Å². The first-order chi connectivity index (χ1) is 9.69. The van der Waals surface area contributed by atoms with Gasteiger partial charge in [0.25, 0.3) is 0 Å². The molecule has 1 saturated carbocycles. The number of nitrogens with one attached hydrogen (secondary N) is 1. The molecular weight excluding hydrogens is 268 g/mol. The third-order valence-electron chi connectivity index (χ3n) is 3.80. The van der Waals surface area contributed by atoms with Gasteiger partial charge in [0.05, 0.1) is 18.0 Å². The van der Waals surface area contributed by atoms with E-state index in [0.29, 0.717) is 13.1 Å². The van der Waals surface area contributed by atoms with Gasteiger partial charge in [0.2, 0.25) is 5.91 Å². The maximum absolute atomic E-state index is 12.1. The van der Waals surface area contributed by atoms with Gasteiger partial charge in [-0.15, -0.1) is 11.3 Å². The number of carbonyl (C=O) groups excluding carboxylic acids is 1. The lowest BCUT2D eigenvalue weighted by Crippen LogP contribution is -2.32. The Bertz CT molecular complexity index is 504. The summed E-state index contributed by atoms with van der Waals surface area (Å²) in [5.74, 6) is 7.05. The van der Waals surface area contributed by atoms with Gasteiger partial charge in [0.1, 0.15) is 0 Å². The van der Waals surface area contributed by atoms with Crippen molar-refractivity contribution in [3.05, 3.63) is 21.9 Å². The maximum Gasteiger partial charge on any atom is 0.223 e. The molecule has 1 aliphatic rings. The van der Waals surface area contributed by atoms with Crippen molar-refractivity contribution in [2.24, 2.45) is 17.6 Å². The molecule has 2 rings (SSSR count). The zero-order chi connectivity index (χ0) is 14.4. The first-order valence-corrected chi connectivity index (χ1v) is 8.06. The van der Waals surface area contributed by atoms with Crippen LogP contribution in [0.3, 0.4) is 0 Å². The first kappa shape index (κ1) is 15.1. The molecule has 20 heavy (non-hydrogen) atoms. The fourth-order valence-electron chi connectivity index (χ4n) is 2.52. The van der Waals surface area contributed by atoms with E-state index < -0.39 is 0 Å². The first-order valence-electron chi connectivity index (χ1n) is 7.24. The van der Waals surface area contributed by atoms with Gasteiger partial charge in [-0.3, -0.25) is 4.79 Å². The van der Waals surface area contributed by atoms with Crippen LogP contribution in [0.2, 0.25) is 0 Å². The molecule has 0 atom stereocenters. The lowest BCUT2D eigenvalue weighted by molar-refractivity contribution is -0.126. The largest absolute Gasteiger partial charge is 0.351 e. The molecule has 0 bridgehead atoms. The molecular formula is C16H22N2OS. The van der Waals surface area contributed by atoms with Crippen LogP contribution >= 0.6 is 11.3 Å². The van der Waals surface area contributed by atoms with E-state index in [0.717, 1.165) is 28.5 Å². The summed E-state index contributed by atoms with van der Waals surface area (Å²) in [4.78, 5) is 14.3. The average molecular weight is 290 g/mol. The molecule has 0 spiro atoms. The van der Waals surface area contributed by atoms with E-state index in [9.17, 15) is 4.79 Å². The van der Waals surface area contributed by atoms with E-state index in [-0.39, 0.29) is 11.8 Å². The summed E-state index contributed by atoms with van der Waals surface area (Å²) in [7, 11) is 0. The summed E-state index contributed by atoms with van der Waals surface area (Å²) in [5, 5.41) is 3.05. The summed E-state index contributed by atoms with van der Waals surface area (Å²) in [5.41, 5.74) is 5.35. The van der Waals surface area contributed by atoms with Gasteiger partial charge in [-0.2, -0.15) is 0 Å². The van der Waals surface area contributed by atoms with Crippen molar-refractivity contribution >= 4 is 17.2 Å². The fourth-order valence-corrected chi connectivity index (χ4v) is 3.34. The van der Waals surface area contributed by atoms with Crippen LogP contribution in [0.15, 0.2) is 12.1 Å². The van der Waals surface area contributed by atoms with Crippen molar-refractivity contribution in [3.63, 3.8) is 0 Å². The van der Waals surface area contributed by atoms with Gasteiger partial charge in [0.15, 0.2) is 0 Å². The number of rotatable bonds is 3. The molecule has 108 valence electrons. The van der Waals surface area contributed by atoms with Crippen LogP contribution < -0.4 is 11.1 Å². The topological polar surface area (TPSA) is 55.1 Å². The number of thiophene rings is 1. The Morgan fingerprint density at radius 2 is 2.15 bits per heavy atom. The number of amides is 1. The predicted octanol–water partition coefficient (Wildman–Crippen LogP) is 2.50. The van der Waals surface area contributed by atoms with E-state index in [4.69, 9.17) is 5.73 Å². The zero-order valence-corrected chi connectivity index (χ0v) is 12.8. The van der Waals surface area contributed by atoms with E-state index in [1.807, 2.05) is 12.1 Å². The van der Waals surface area contributed by atoms with Crippen LogP contribution in [0, 0.1) is 23.7 Å². The highest BCUT2D eigenvalue weighted by molar-refractivity contribution is 7.12. The van der Waals surface area contributed by atoms with Crippen LogP contribution in [-0.2, 0) is 11.3 Å². The standard InChI is InChI=1S/C16H22N2OS/c1-12-4-6-13(7-5-12)16(19)18-11-15-9-8-14(20-15)3-2-10-17/h8-9,12-13H,4-7,10-11,17H2,1H3,(H,18,19). The Morgan fingerprint density at radius 1 is 1.40 bits per heavy atom. The van der Waals surface area contributed by atoms with Crippen LogP contribution in [-0.4, -0.2) is 12.5 Å². The molecule has 0 aliphatic heterocycles. The van der Waals surface area contributed by atoms with Gasteiger partial charge in [-0.1, -0.05) is 18.8 Å². The molecule has 1 amide bonds. The number of hydrogen-bond donors (Lipinski definition) is 2. The minimum absolute atomic E-state index is 0.208. The second kappa shape index (κ2) is 7.47. The normalized spacial score (nSPS) is 21.9. The highest BCUT2D eigenvalue weighted by Gasteiger charge is 2.23. The van der Waals surface area contributed by atoms with Crippen LogP contribution in [0.25, 0.3) is 0 Å². The van der Waals surface area contributed by atoms with Gasteiger partial charge in [-0.25, -0.2) is 0 Å². The Balaban J connectivity index is 1.79. The molecule has 1 fully saturated rings. The highest BCUT2D eigenvalue weighted by Crippen LogP contribution is 2.28. The van der Waals surface area contributed by atoms with Crippen molar-refractivity contribution in [1.29, 1.82) is 0 Å². The van der Waals surface area contributed by atoms with Gasteiger partial charge in [0, 0.05) is 10.8 Å². The van der Waals surface area contributed by atoms with Crippen LogP contribution in [0.1, 0.15) is 42.4 Å². The third-order valence-corrected chi connectivity index (χ3v) is 4.80. The summed E-state index contributed by atoms with van der Waals surface area (Å²) >= 11 is 1.62. The smallest absolute Gasteiger partial charge is 0.223 e. The molecule has 0 aromatic carbocycles. The maximum atomic E-state index is 12.1. The van der Waals surface area contributed by atoms with Gasteiger partial charge < -0.3 is 11.1 Å². The molecule has 1 aromatic rings. The molecule has 1 heterocycles. The number of carbonyl (C=O) groups is 1. The van der Waals surface area contributed by atoms with E-state index in [1.165, 1.54) is 12.8 Å². The fraction of sp³-hybridized carbons (Fsp3) is 0.562. The second-order valence-electron chi connectivity index (χ2n) is 5.45. The molecule has 0 radical (unpaired) electrons. The molecule has 0 saturated heterocycles. The van der Waals surface area contributed by atoms with Crippen molar-refractivity contribution in [3.8, 4) is 11.8 Å². The monoisotopic (exact) mass is 290 g/mol. The Morgan fingerprint density at radius 3 is 2.85 bits per heavy atom. The summed E-state index contributed by atoms with van der Waals surface area (Å²) in [6, 6.07) is 4.01. The molecule has 4 heteroatoms. The second-order valence-corrected chi connectivity index (χ2v) is 6.61. The number of hydrogen-bond acceptors (Lipinski definition) is 3. The molecule has 1 aromatic heterocycles. The SMILES string of the molecule is CC1CCC(C(=O)NCc2ccc(C#CCN)s2)CC1. The quantitative estimate of drug-likeness (QED) is 0.840. The average Bonchev–Trinajstić information content (AvgIpc) is 2.91. The van der Waals surface area contributed by atoms with E-state index in [2.05, 4.69) is 24.1 Å².